The number of hydrogen-bond acceptors (Lipinski definition) is 3. The molecule has 0 aliphatic rings. The molecule has 0 unspecified atom stereocenters. The summed E-state index contributed by atoms with van der Waals surface area (Å²) in [6.07, 6.45) is 1.59. The fraction of sp³-hybridized carbons (Fsp3) is 0. The van der Waals surface area contributed by atoms with E-state index >= 15 is 0 Å². The highest BCUT2D eigenvalue weighted by Crippen LogP contribution is 2.33. The molecule has 0 saturated heterocycles. The van der Waals surface area contributed by atoms with E-state index in [0.29, 0.717) is 9.35 Å². The van der Waals surface area contributed by atoms with Crippen LogP contribution in [0.1, 0.15) is 0 Å². The lowest BCUT2D eigenvalue weighted by molar-refractivity contribution is 0.587. The highest BCUT2D eigenvalue weighted by molar-refractivity contribution is 14.1. The summed E-state index contributed by atoms with van der Waals surface area (Å²) in [6.45, 7) is 0. The predicted octanol–water partition coefficient (Wildman–Crippen LogP) is 3.64. The summed E-state index contributed by atoms with van der Waals surface area (Å²) in [6, 6.07) is 12.0. The summed E-state index contributed by atoms with van der Waals surface area (Å²) in [5.41, 5.74) is 0.424. The maximum Gasteiger partial charge on any atom is 0.270 e. The molecule has 2 heterocycles. The number of fused-ring (bicyclic) bond motifs is 1. The summed E-state index contributed by atoms with van der Waals surface area (Å²) >= 11 is 5.44. The zero-order chi connectivity index (χ0) is 14.3. The zero-order valence-electron chi connectivity index (χ0n) is 9.99. The Morgan fingerprint density at radius 2 is 1.80 bits per heavy atom. The van der Waals surface area contributed by atoms with Crippen LogP contribution in [0.25, 0.3) is 11.0 Å². The summed E-state index contributed by atoms with van der Waals surface area (Å²) in [7, 11) is -3.66. The largest absolute Gasteiger partial charge is 0.270 e. The first-order valence-electron chi connectivity index (χ1n) is 5.64. The van der Waals surface area contributed by atoms with Crippen LogP contribution in [-0.2, 0) is 10.0 Å². The average Bonchev–Trinajstić information content (AvgIpc) is 2.73. The van der Waals surface area contributed by atoms with Gasteiger partial charge in [0.05, 0.1) is 9.37 Å². The van der Waals surface area contributed by atoms with Crippen molar-refractivity contribution in [2.24, 2.45) is 0 Å². The molecule has 0 spiro atoms. The molecule has 20 heavy (non-hydrogen) atoms. The second kappa shape index (κ2) is 5.12. The molecule has 1 aromatic carbocycles. The van der Waals surface area contributed by atoms with Gasteiger partial charge in [-0.25, -0.2) is 17.4 Å². The minimum absolute atomic E-state index is 0.243. The predicted molar refractivity (Wildman–Crippen MR) is 89.2 cm³/mol. The summed E-state index contributed by atoms with van der Waals surface area (Å²) < 4.78 is 28.1. The SMILES string of the molecule is O=S(=O)(c1ccccc1)n1c(I)c(Br)c2cccnc21. The van der Waals surface area contributed by atoms with Gasteiger partial charge in [-0.2, -0.15) is 0 Å². The fourth-order valence-corrected chi connectivity index (χ4v) is 5.23. The van der Waals surface area contributed by atoms with Crippen LogP contribution in [0.4, 0.5) is 0 Å². The van der Waals surface area contributed by atoms with Crippen LogP contribution in [0.2, 0.25) is 0 Å². The summed E-state index contributed by atoms with van der Waals surface area (Å²) in [4.78, 5) is 4.45. The van der Waals surface area contributed by atoms with Gasteiger partial charge in [-0.15, -0.1) is 0 Å². The van der Waals surface area contributed by atoms with Crippen LogP contribution < -0.4 is 0 Å². The lowest BCUT2D eigenvalue weighted by Gasteiger charge is -2.08. The van der Waals surface area contributed by atoms with Gasteiger partial charge in [-0.3, -0.25) is 0 Å². The van der Waals surface area contributed by atoms with Crippen molar-refractivity contribution in [1.29, 1.82) is 0 Å². The first-order chi connectivity index (χ1) is 9.53. The number of nitrogens with zero attached hydrogens (tertiary/aromatic N) is 2. The molecule has 3 aromatic rings. The third-order valence-corrected chi connectivity index (χ3v) is 7.45. The molecule has 3 rings (SSSR count). The highest BCUT2D eigenvalue weighted by atomic mass is 127. The second-order valence-corrected chi connectivity index (χ2v) is 7.66. The average molecular weight is 463 g/mol. The van der Waals surface area contributed by atoms with Gasteiger partial charge < -0.3 is 0 Å². The molecule has 102 valence electrons. The molecule has 4 nitrogen and oxygen atoms in total. The molecule has 0 N–H and O–H groups in total. The first kappa shape index (κ1) is 14.0. The van der Waals surface area contributed by atoms with Crippen LogP contribution in [0.5, 0.6) is 0 Å². The van der Waals surface area contributed by atoms with Crippen LogP contribution in [-0.4, -0.2) is 17.4 Å². The van der Waals surface area contributed by atoms with Crippen molar-refractivity contribution in [3.05, 3.63) is 56.8 Å². The Balaban J connectivity index is 2.39. The molecule has 0 saturated carbocycles. The van der Waals surface area contributed by atoms with Gasteiger partial charge in [0.15, 0.2) is 5.65 Å². The summed E-state index contributed by atoms with van der Waals surface area (Å²) in [5.74, 6) is 0. The Kier molecular flexibility index (Phi) is 3.59. The molecule has 7 heteroatoms. The molecule has 2 aromatic heterocycles. The monoisotopic (exact) mass is 462 g/mol. The maximum absolute atomic E-state index is 12.8. The van der Waals surface area contributed by atoms with Gasteiger partial charge in [0.25, 0.3) is 10.0 Å². The van der Waals surface area contributed by atoms with Crippen LogP contribution in [0.3, 0.4) is 0 Å². The van der Waals surface area contributed by atoms with Gasteiger partial charge in [-0.05, 0) is 62.8 Å². The lowest BCUT2D eigenvalue weighted by atomic mass is 10.3. The van der Waals surface area contributed by atoms with E-state index in [9.17, 15) is 8.42 Å². The van der Waals surface area contributed by atoms with E-state index < -0.39 is 10.0 Å². The van der Waals surface area contributed by atoms with E-state index in [1.807, 2.05) is 28.7 Å². The number of benzene rings is 1. The van der Waals surface area contributed by atoms with E-state index in [0.717, 1.165) is 9.86 Å². The number of hydrogen-bond donors (Lipinski definition) is 0. The Morgan fingerprint density at radius 1 is 1.10 bits per heavy atom. The first-order valence-corrected chi connectivity index (χ1v) is 8.95. The van der Waals surface area contributed by atoms with Crippen molar-refractivity contribution < 1.29 is 8.42 Å². The maximum atomic E-state index is 12.8. The van der Waals surface area contributed by atoms with Crippen LogP contribution in [0, 0.1) is 3.70 Å². The Labute approximate surface area is 138 Å². The Hall–Kier alpha value is -0.930. The number of pyridine rings is 1. The van der Waals surface area contributed by atoms with Crippen molar-refractivity contribution in [2.75, 3.05) is 0 Å². The molecule has 0 atom stereocenters. The number of rotatable bonds is 2. The van der Waals surface area contributed by atoms with Crippen molar-refractivity contribution in [2.45, 2.75) is 4.90 Å². The standard InChI is InChI=1S/C13H8BrIN2O2S/c14-11-10-7-4-8-16-13(10)17(12(11)15)20(18,19)9-5-2-1-3-6-9/h1-8H. The third kappa shape index (κ3) is 2.08. The van der Waals surface area contributed by atoms with E-state index in [1.54, 1.807) is 42.6 Å². The van der Waals surface area contributed by atoms with Crippen molar-refractivity contribution >= 4 is 59.6 Å². The smallest absolute Gasteiger partial charge is 0.237 e. The minimum atomic E-state index is -3.66. The molecule has 0 aliphatic heterocycles. The normalized spacial score (nSPS) is 11.9. The molecular formula is C13H8BrIN2O2S. The van der Waals surface area contributed by atoms with E-state index in [-0.39, 0.29) is 4.90 Å². The van der Waals surface area contributed by atoms with Crippen LogP contribution >= 0.6 is 38.5 Å². The topological polar surface area (TPSA) is 52.0 Å². The molecule has 0 fully saturated rings. The van der Waals surface area contributed by atoms with Gasteiger partial charge in [-0.1, -0.05) is 18.2 Å². The minimum Gasteiger partial charge on any atom is -0.237 e. The Morgan fingerprint density at radius 3 is 2.50 bits per heavy atom. The summed E-state index contributed by atoms with van der Waals surface area (Å²) in [5, 5.41) is 0.774. The molecule has 0 radical (unpaired) electrons. The number of aromatic nitrogens is 2. The van der Waals surface area contributed by atoms with Crippen molar-refractivity contribution in [3.63, 3.8) is 0 Å². The van der Waals surface area contributed by atoms with E-state index in [4.69, 9.17) is 0 Å². The Bertz CT molecular complexity index is 891. The molecule has 0 aliphatic carbocycles. The van der Waals surface area contributed by atoms with Crippen LogP contribution in [0.15, 0.2) is 58.0 Å². The highest BCUT2D eigenvalue weighted by Gasteiger charge is 2.25. The van der Waals surface area contributed by atoms with Gasteiger partial charge in [0.2, 0.25) is 0 Å². The fourth-order valence-electron chi connectivity index (χ4n) is 1.94. The lowest BCUT2D eigenvalue weighted by Crippen LogP contribution is -2.14. The molecule has 0 bridgehead atoms. The van der Waals surface area contributed by atoms with Gasteiger partial charge in [0.1, 0.15) is 3.70 Å². The second-order valence-electron chi connectivity index (χ2n) is 4.06. The zero-order valence-corrected chi connectivity index (χ0v) is 14.6. The van der Waals surface area contributed by atoms with E-state index in [2.05, 4.69) is 20.9 Å². The van der Waals surface area contributed by atoms with Gasteiger partial charge >= 0.3 is 0 Å². The van der Waals surface area contributed by atoms with Crippen molar-refractivity contribution in [3.8, 4) is 0 Å². The van der Waals surface area contributed by atoms with Crippen molar-refractivity contribution in [1.82, 2.24) is 8.96 Å². The number of halogens is 2. The van der Waals surface area contributed by atoms with E-state index in [1.165, 1.54) is 3.97 Å². The quantitative estimate of drug-likeness (QED) is 0.546. The molecule has 0 amide bonds. The molecular weight excluding hydrogens is 455 g/mol. The van der Waals surface area contributed by atoms with Gasteiger partial charge in [0, 0.05) is 11.6 Å². The third-order valence-electron chi connectivity index (χ3n) is 2.86.